The van der Waals surface area contributed by atoms with Gasteiger partial charge in [-0.2, -0.15) is 0 Å². The first-order valence-corrected chi connectivity index (χ1v) is 9.41. The highest BCUT2D eigenvalue weighted by atomic mass is 35.5. The van der Waals surface area contributed by atoms with Crippen LogP contribution in [-0.2, 0) is 4.79 Å². The number of amides is 1. The molecule has 4 heteroatoms. The maximum atomic E-state index is 12.6. The topological polar surface area (TPSA) is 38.3 Å². The molecule has 2 unspecified atom stereocenters. The van der Waals surface area contributed by atoms with Crippen molar-refractivity contribution < 1.29 is 9.53 Å². The lowest BCUT2D eigenvalue weighted by Crippen LogP contribution is -2.38. The van der Waals surface area contributed by atoms with Crippen LogP contribution in [0.4, 0.5) is 0 Å². The van der Waals surface area contributed by atoms with E-state index in [1.165, 1.54) is 11.1 Å². The Hall–Kier alpha value is -2.00. The number of halogens is 1. The van der Waals surface area contributed by atoms with Gasteiger partial charge >= 0.3 is 0 Å². The van der Waals surface area contributed by atoms with Crippen molar-refractivity contribution in [2.45, 2.75) is 60.1 Å². The molecular formula is C22H28ClNO2. The molecule has 140 valence electrons. The first-order valence-electron chi connectivity index (χ1n) is 9.03. The monoisotopic (exact) mass is 373 g/mol. The molecule has 1 amide bonds. The maximum absolute atomic E-state index is 12.6. The third-order valence-electron chi connectivity index (χ3n) is 4.75. The Bertz CT molecular complexity index is 778. The van der Waals surface area contributed by atoms with Gasteiger partial charge in [-0.15, -0.1) is 0 Å². The highest BCUT2D eigenvalue weighted by molar-refractivity contribution is 6.32. The summed E-state index contributed by atoms with van der Waals surface area (Å²) in [5.41, 5.74) is 5.48. The van der Waals surface area contributed by atoms with E-state index in [0.717, 1.165) is 28.1 Å². The normalized spacial score (nSPS) is 13.2. The van der Waals surface area contributed by atoms with Crippen LogP contribution in [0.25, 0.3) is 0 Å². The lowest BCUT2D eigenvalue weighted by atomic mass is 9.99. The molecule has 0 bridgehead atoms. The molecule has 26 heavy (non-hydrogen) atoms. The smallest absolute Gasteiger partial charge is 0.261 e. The number of rotatable bonds is 6. The van der Waals surface area contributed by atoms with Crippen molar-refractivity contribution in [3.05, 3.63) is 63.2 Å². The van der Waals surface area contributed by atoms with Gasteiger partial charge in [-0.1, -0.05) is 36.7 Å². The molecular weight excluding hydrogens is 346 g/mol. The predicted molar refractivity (Wildman–Crippen MR) is 108 cm³/mol. The fraction of sp³-hybridized carbons (Fsp3) is 0.409. The summed E-state index contributed by atoms with van der Waals surface area (Å²) in [6, 6.07) is 10.0. The lowest BCUT2D eigenvalue weighted by molar-refractivity contribution is -0.128. The summed E-state index contributed by atoms with van der Waals surface area (Å²) in [6.07, 6.45) is 0.232. The average Bonchev–Trinajstić information content (AvgIpc) is 2.59. The van der Waals surface area contributed by atoms with E-state index in [1.54, 1.807) is 6.92 Å². The third kappa shape index (κ3) is 4.79. The number of hydrogen-bond acceptors (Lipinski definition) is 2. The number of nitrogens with one attached hydrogen (secondary N) is 1. The summed E-state index contributed by atoms with van der Waals surface area (Å²) >= 11 is 6.19. The Labute approximate surface area is 161 Å². The molecule has 0 saturated carbocycles. The Morgan fingerprint density at radius 2 is 1.65 bits per heavy atom. The molecule has 0 spiro atoms. The molecule has 0 aliphatic rings. The zero-order valence-corrected chi connectivity index (χ0v) is 17.2. The van der Waals surface area contributed by atoms with E-state index in [4.69, 9.17) is 16.3 Å². The maximum Gasteiger partial charge on any atom is 0.261 e. The van der Waals surface area contributed by atoms with E-state index in [2.05, 4.69) is 44.3 Å². The van der Waals surface area contributed by atoms with Crippen LogP contribution in [0.3, 0.4) is 0 Å². The Kier molecular flexibility index (Phi) is 6.71. The van der Waals surface area contributed by atoms with Crippen molar-refractivity contribution in [2.75, 3.05) is 0 Å². The van der Waals surface area contributed by atoms with Gasteiger partial charge in [-0.05, 0) is 81.0 Å². The zero-order valence-electron chi connectivity index (χ0n) is 16.4. The average molecular weight is 374 g/mol. The predicted octanol–water partition coefficient (Wildman–Crippen LogP) is 5.61. The van der Waals surface area contributed by atoms with Crippen LogP contribution in [0, 0.1) is 27.7 Å². The molecule has 0 fully saturated rings. The SMILES string of the molecule is CCC(NC(=O)C(C)Oc1cc(C)c(Cl)c(C)c1)c1ccc(C)c(C)c1. The van der Waals surface area contributed by atoms with Crippen molar-refractivity contribution >= 4 is 17.5 Å². The lowest BCUT2D eigenvalue weighted by Gasteiger charge is -2.22. The van der Waals surface area contributed by atoms with Crippen molar-refractivity contribution in [3.8, 4) is 5.75 Å². The van der Waals surface area contributed by atoms with E-state index in [0.29, 0.717) is 5.75 Å². The largest absolute Gasteiger partial charge is 0.481 e. The molecule has 0 heterocycles. The number of ether oxygens (including phenoxy) is 1. The fourth-order valence-electron chi connectivity index (χ4n) is 2.92. The molecule has 0 aromatic heterocycles. The molecule has 2 rings (SSSR count). The number of carbonyl (C=O) groups is 1. The van der Waals surface area contributed by atoms with Gasteiger partial charge in [0.25, 0.3) is 5.91 Å². The summed E-state index contributed by atoms with van der Waals surface area (Å²) in [4.78, 5) is 12.6. The standard InChI is InChI=1S/C22H28ClNO2/c1-7-20(18-9-8-13(2)14(3)10-18)24-22(25)17(6)26-19-11-15(4)21(23)16(5)12-19/h8-12,17,20H,7H2,1-6H3,(H,24,25). The fourth-order valence-corrected chi connectivity index (χ4v) is 3.03. The Morgan fingerprint density at radius 3 is 2.19 bits per heavy atom. The van der Waals surface area contributed by atoms with Crippen LogP contribution in [0.1, 0.15) is 54.1 Å². The van der Waals surface area contributed by atoms with E-state index < -0.39 is 6.10 Å². The van der Waals surface area contributed by atoms with Crippen LogP contribution in [0.2, 0.25) is 5.02 Å². The first kappa shape index (κ1) is 20.3. The molecule has 0 aliphatic carbocycles. The van der Waals surface area contributed by atoms with E-state index in [9.17, 15) is 4.79 Å². The molecule has 0 aliphatic heterocycles. The summed E-state index contributed by atoms with van der Waals surface area (Å²) in [5.74, 6) is 0.534. The van der Waals surface area contributed by atoms with Gasteiger partial charge in [-0.3, -0.25) is 4.79 Å². The molecule has 2 atom stereocenters. The van der Waals surface area contributed by atoms with Gasteiger partial charge in [0.05, 0.1) is 6.04 Å². The van der Waals surface area contributed by atoms with Crippen LogP contribution in [0.5, 0.6) is 5.75 Å². The highest BCUT2D eigenvalue weighted by Crippen LogP contribution is 2.27. The Balaban J connectivity index is 2.08. The summed E-state index contributed by atoms with van der Waals surface area (Å²) < 4.78 is 5.85. The van der Waals surface area contributed by atoms with Gasteiger partial charge in [0.2, 0.25) is 0 Å². The van der Waals surface area contributed by atoms with Crippen molar-refractivity contribution in [2.24, 2.45) is 0 Å². The number of carbonyl (C=O) groups excluding carboxylic acids is 1. The van der Waals surface area contributed by atoms with Gasteiger partial charge in [0.15, 0.2) is 6.10 Å². The minimum Gasteiger partial charge on any atom is -0.481 e. The third-order valence-corrected chi connectivity index (χ3v) is 5.35. The number of benzene rings is 2. The quantitative estimate of drug-likeness (QED) is 0.714. The second-order valence-corrected chi connectivity index (χ2v) is 7.32. The first-order chi connectivity index (χ1) is 12.2. The second kappa shape index (κ2) is 8.59. The summed E-state index contributed by atoms with van der Waals surface area (Å²) in [6.45, 7) is 11.9. The van der Waals surface area contributed by atoms with Gasteiger partial charge < -0.3 is 10.1 Å². The molecule has 0 radical (unpaired) electrons. The van der Waals surface area contributed by atoms with Gasteiger partial charge in [-0.25, -0.2) is 0 Å². The van der Waals surface area contributed by atoms with E-state index in [1.807, 2.05) is 26.0 Å². The molecule has 2 aromatic carbocycles. The van der Waals surface area contributed by atoms with Crippen LogP contribution in [-0.4, -0.2) is 12.0 Å². The highest BCUT2D eigenvalue weighted by Gasteiger charge is 2.20. The van der Waals surface area contributed by atoms with Gasteiger partial charge in [0, 0.05) is 5.02 Å². The summed E-state index contributed by atoms with van der Waals surface area (Å²) in [7, 11) is 0. The van der Waals surface area contributed by atoms with E-state index in [-0.39, 0.29) is 11.9 Å². The van der Waals surface area contributed by atoms with Crippen molar-refractivity contribution in [1.82, 2.24) is 5.32 Å². The number of hydrogen-bond donors (Lipinski definition) is 1. The Morgan fingerprint density at radius 1 is 1.04 bits per heavy atom. The number of aryl methyl sites for hydroxylation is 4. The van der Waals surface area contributed by atoms with Gasteiger partial charge in [0.1, 0.15) is 5.75 Å². The van der Waals surface area contributed by atoms with Crippen LogP contribution >= 0.6 is 11.6 Å². The minimum absolute atomic E-state index is 0.0264. The van der Waals surface area contributed by atoms with Crippen molar-refractivity contribution in [1.29, 1.82) is 0 Å². The second-order valence-electron chi connectivity index (χ2n) is 6.94. The summed E-state index contributed by atoms with van der Waals surface area (Å²) in [5, 5.41) is 3.83. The van der Waals surface area contributed by atoms with Crippen LogP contribution < -0.4 is 10.1 Å². The molecule has 0 saturated heterocycles. The van der Waals surface area contributed by atoms with Crippen molar-refractivity contribution in [3.63, 3.8) is 0 Å². The molecule has 2 aromatic rings. The van der Waals surface area contributed by atoms with Crippen LogP contribution in [0.15, 0.2) is 30.3 Å². The molecule has 3 nitrogen and oxygen atoms in total. The molecule has 1 N–H and O–H groups in total. The van der Waals surface area contributed by atoms with E-state index >= 15 is 0 Å². The zero-order chi connectivity index (χ0) is 19.4. The minimum atomic E-state index is -0.587.